The van der Waals surface area contributed by atoms with E-state index in [0.29, 0.717) is 0 Å². The summed E-state index contributed by atoms with van der Waals surface area (Å²) >= 11 is 7.56. The third-order valence-corrected chi connectivity index (χ3v) is 4.13. The first-order valence-electron chi connectivity index (χ1n) is 6.25. The summed E-state index contributed by atoms with van der Waals surface area (Å²) in [6, 6.07) is 15.7. The maximum absolute atomic E-state index is 5.89. The quantitative estimate of drug-likeness (QED) is 0.716. The zero-order valence-corrected chi connectivity index (χ0v) is 12.3. The van der Waals surface area contributed by atoms with Crippen LogP contribution in [0, 0.1) is 0 Å². The van der Waals surface area contributed by atoms with Crippen molar-refractivity contribution in [2.24, 2.45) is 0 Å². The molecule has 2 aromatic carbocycles. The standard InChI is InChI=1S/C16H13ClN2S/c17-13-5-1-11(2-6-13)9-16-19-15(10-20-16)12-3-7-14(18)8-4-12/h1-8,10H,9,18H2. The topological polar surface area (TPSA) is 38.9 Å². The van der Waals surface area contributed by atoms with Gasteiger partial charge in [0, 0.05) is 28.1 Å². The molecule has 100 valence electrons. The monoisotopic (exact) mass is 300 g/mol. The smallest absolute Gasteiger partial charge is 0.0976 e. The van der Waals surface area contributed by atoms with E-state index in [9.17, 15) is 0 Å². The lowest BCUT2D eigenvalue weighted by Crippen LogP contribution is -1.88. The van der Waals surface area contributed by atoms with E-state index < -0.39 is 0 Å². The van der Waals surface area contributed by atoms with Crippen molar-refractivity contribution in [3.8, 4) is 11.3 Å². The van der Waals surface area contributed by atoms with Gasteiger partial charge in [-0.15, -0.1) is 11.3 Å². The van der Waals surface area contributed by atoms with Crippen molar-refractivity contribution in [1.82, 2.24) is 4.98 Å². The first kappa shape index (κ1) is 13.2. The second kappa shape index (κ2) is 5.65. The largest absolute Gasteiger partial charge is 0.399 e. The Morgan fingerprint density at radius 1 is 1.00 bits per heavy atom. The maximum atomic E-state index is 5.89. The lowest BCUT2D eigenvalue weighted by atomic mass is 10.1. The molecule has 0 radical (unpaired) electrons. The molecule has 4 heteroatoms. The summed E-state index contributed by atoms with van der Waals surface area (Å²) in [6.45, 7) is 0. The molecule has 1 heterocycles. The lowest BCUT2D eigenvalue weighted by molar-refractivity contribution is 1.14. The van der Waals surface area contributed by atoms with Crippen molar-refractivity contribution >= 4 is 28.6 Å². The predicted octanol–water partition coefficient (Wildman–Crippen LogP) is 4.64. The van der Waals surface area contributed by atoms with Crippen LogP contribution in [-0.4, -0.2) is 4.98 Å². The Hall–Kier alpha value is -1.84. The molecular weight excluding hydrogens is 288 g/mol. The van der Waals surface area contributed by atoms with Crippen molar-refractivity contribution in [2.75, 3.05) is 5.73 Å². The molecule has 0 aliphatic carbocycles. The second-order valence-corrected chi connectivity index (χ2v) is 5.93. The highest BCUT2D eigenvalue weighted by Crippen LogP contribution is 2.24. The van der Waals surface area contributed by atoms with Gasteiger partial charge >= 0.3 is 0 Å². The third-order valence-electron chi connectivity index (χ3n) is 3.03. The predicted molar refractivity (Wildman–Crippen MR) is 86.2 cm³/mol. The summed E-state index contributed by atoms with van der Waals surface area (Å²) in [7, 11) is 0. The summed E-state index contributed by atoms with van der Waals surface area (Å²) in [4.78, 5) is 4.67. The Labute approximate surface area is 126 Å². The molecule has 3 aromatic rings. The fourth-order valence-corrected chi connectivity index (χ4v) is 2.92. The number of nitrogen functional groups attached to an aromatic ring is 1. The van der Waals surface area contributed by atoms with Crippen LogP contribution in [0.2, 0.25) is 5.02 Å². The molecule has 0 saturated carbocycles. The maximum Gasteiger partial charge on any atom is 0.0976 e. The van der Waals surface area contributed by atoms with Gasteiger partial charge in [0.2, 0.25) is 0 Å². The third kappa shape index (κ3) is 3.00. The summed E-state index contributed by atoms with van der Waals surface area (Å²) < 4.78 is 0. The van der Waals surface area contributed by atoms with Gasteiger partial charge in [-0.3, -0.25) is 0 Å². The van der Waals surface area contributed by atoms with Crippen LogP contribution in [-0.2, 0) is 6.42 Å². The van der Waals surface area contributed by atoms with Crippen LogP contribution in [0.4, 0.5) is 5.69 Å². The molecule has 0 saturated heterocycles. The average Bonchev–Trinajstić information content (AvgIpc) is 2.91. The molecule has 0 atom stereocenters. The fourth-order valence-electron chi connectivity index (χ4n) is 1.96. The highest BCUT2D eigenvalue weighted by atomic mass is 35.5. The molecule has 0 fully saturated rings. The molecule has 0 unspecified atom stereocenters. The van der Waals surface area contributed by atoms with Gasteiger partial charge in [0.25, 0.3) is 0 Å². The zero-order chi connectivity index (χ0) is 13.9. The number of anilines is 1. The second-order valence-electron chi connectivity index (χ2n) is 4.55. The Morgan fingerprint density at radius 3 is 2.40 bits per heavy atom. The normalized spacial score (nSPS) is 10.7. The van der Waals surface area contributed by atoms with E-state index in [2.05, 4.69) is 10.4 Å². The van der Waals surface area contributed by atoms with E-state index in [1.165, 1.54) is 5.56 Å². The van der Waals surface area contributed by atoms with E-state index >= 15 is 0 Å². The van der Waals surface area contributed by atoms with Gasteiger partial charge in [0.05, 0.1) is 10.7 Å². The van der Waals surface area contributed by atoms with Gasteiger partial charge in [-0.25, -0.2) is 4.98 Å². The Morgan fingerprint density at radius 2 is 1.70 bits per heavy atom. The zero-order valence-electron chi connectivity index (χ0n) is 10.7. The first-order chi connectivity index (χ1) is 9.70. The van der Waals surface area contributed by atoms with E-state index in [4.69, 9.17) is 17.3 Å². The molecular formula is C16H13ClN2S. The van der Waals surface area contributed by atoms with E-state index in [-0.39, 0.29) is 0 Å². The minimum absolute atomic E-state index is 0.760. The van der Waals surface area contributed by atoms with Crippen molar-refractivity contribution in [2.45, 2.75) is 6.42 Å². The molecule has 20 heavy (non-hydrogen) atoms. The number of hydrogen-bond acceptors (Lipinski definition) is 3. The highest BCUT2D eigenvalue weighted by molar-refractivity contribution is 7.10. The first-order valence-corrected chi connectivity index (χ1v) is 7.51. The number of nitrogens with two attached hydrogens (primary N) is 1. The average molecular weight is 301 g/mol. The van der Waals surface area contributed by atoms with Gasteiger partial charge in [-0.1, -0.05) is 35.9 Å². The number of aromatic nitrogens is 1. The van der Waals surface area contributed by atoms with Crippen molar-refractivity contribution in [1.29, 1.82) is 0 Å². The molecule has 0 amide bonds. The van der Waals surface area contributed by atoms with Crippen molar-refractivity contribution < 1.29 is 0 Å². The van der Waals surface area contributed by atoms with Crippen molar-refractivity contribution in [3.63, 3.8) is 0 Å². The number of rotatable bonds is 3. The summed E-state index contributed by atoms with van der Waals surface area (Å²) in [6.07, 6.45) is 0.830. The molecule has 2 N–H and O–H groups in total. The van der Waals surface area contributed by atoms with Gasteiger partial charge in [0.15, 0.2) is 0 Å². The molecule has 2 nitrogen and oxygen atoms in total. The summed E-state index contributed by atoms with van der Waals surface area (Å²) in [5.74, 6) is 0. The van der Waals surface area contributed by atoms with Gasteiger partial charge < -0.3 is 5.73 Å². The van der Waals surface area contributed by atoms with Crippen LogP contribution in [0.15, 0.2) is 53.9 Å². The number of nitrogens with zero attached hydrogens (tertiary/aromatic N) is 1. The summed E-state index contributed by atoms with van der Waals surface area (Å²) in [5, 5.41) is 3.94. The van der Waals surface area contributed by atoms with Gasteiger partial charge in [-0.05, 0) is 29.8 Å². The Balaban J connectivity index is 1.80. The lowest BCUT2D eigenvalue weighted by Gasteiger charge is -1.99. The molecule has 0 bridgehead atoms. The number of hydrogen-bond donors (Lipinski definition) is 1. The number of benzene rings is 2. The Kier molecular flexibility index (Phi) is 3.72. The highest BCUT2D eigenvalue weighted by Gasteiger charge is 2.05. The van der Waals surface area contributed by atoms with Gasteiger partial charge in [0.1, 0.15) is 0 Å². The SMILES string of the molecule is Nc1ccc(-c2csc(Cc3ccc(Cl)cc3)n2)cc1. The Bertz CT molecular complexity index is 702. The van der Waals surface area contributed by atoms with E-state index in [0.717, 1.165) is 33.4 Å². The molecule has 0 aliphatic rings. The van der Waals surface area contributed by atoms with Crippen LogP contribution in [0.1, 0.15) is 10.6 Å². The van der Waals surface area contributed by atoms with Crippen molar-refractivity contribution in [3.05, 3.63) is 69.5 Å². The molecule has 0 spiro atoms. The molecule has 0 aliphatic heterocycles. The van der Waals surface area contributed by atoms with Crippen LogP contribution in [0.25, 0.3) is 11.3 Å². The van der Waals surface area contributed by atoms with Gasteiger partial charge in [-0.2, -0.15) is 0 Å². The van der Waals surface area contributed by atoms with Crippen LogP contribution in [0.5, 0.6) is 0 Å². The number of halogens is 1. The van der Waals surface area contributed by atoms with E-state index in [1.807, 2.05) is 48.5 Å². The van der Waals surface area contributed by atoms with E-state index in [1.54, 1.807) is 11.3 Å². The van der Waals surface area contributed by atoms with Crippen LogP contribution >= 0.6 is 22.9 Å². The minimum atomic E-state index is 0.760. The molecule has 3 rings (SSSR count). The number of thiazole rings is 1. The van der Waals surface area contributed by atoms with Crippen LogP contribution < -0.4 is 5.73 Å². The minimum Gasteiger partial charge on any atom is -0.399 e. The summed E-state index contributed by atoms with van der Waals surface area (Å²) in [5.41, 5.74) is 9.77. The molecule has 1 aromatic heterocycles. The fraction of sp³-hybridized carbons (Fsp3) is 0.0625. The van der Waals surface area contributed by atoms with Crippen LogP contribution in [0.3, 0.4) is 0 Å².